The smallest absolute Gasteiger partial charge is 0.244 e. The second-order valence-corrected chi connectivity index (χ2v) is 6.76. The molecule has 1 aromatic rings. The first-order chi connectivity index (χ1) is 8.57. The number of hydrogen-bond acceptors (Lipinski definition) is 3. The van der Waals surface area contributed by atoms with Gasteiger partial charge in [0, 0.05) is 25.0 Å². The molecule has 1 aliphatic rings. The van der Waals surface area contributed by atoms with Gasteiger partial charge in [-0.05, 0) is 31.2 Å². The van der Waals surface area contributed by atoms with Gasteiger partial charge in [-0.3, -0.25) is 0 Å². The summed E-state index contributed by atoms with van der Waals surface area (Å²) in [5.41, 5.74) is 0.524. The number of nitrogens with one attached hydrogen (secondary N) is 1. The van der Waals surface area contributed by atoms with E-state index in [1.54, 1.807) is 4.31 Å². The zero-order valence-electron chi connectivity index (χ0n) is 10.6. The average Bonchev–Trinajstić information content (AvgIpc) is 3.02. The molecule has 18 heavy (non-hydrogen) atoms. The molecule has 0 aliphatic heterocycles. The predicted octanol–water partition coefficient (Wildman–Crippen LogP) is 1.32. The van der Waals surface area contributed by atoms with Crippen LogP contribution >= 0.6 is 0 Å². The van der Waals surface area contributed by atoms with Crippen molar-refractivity contribution < 1.29 is 13.5 Å². The van der Waals surface area contributed by atoms with Crippen LogP contribution in [0.4, 0.5) is 0 Å². The van der Waals surface area contributed by atoms with Crippen LogP contribution in [-0.4, -0.2) is 35.9 Å². The molecule has 0 unspecified atom stereocenters. The standard InChI is InChI=1S/C12H20N2O3S/c1-2-5-14(8-10-3-4-10)18(16,17)12-6-11(9-15)13-7-12/h6-7,10,13,15H,2-5,8-9H2,1H3. The molecule has 0 aromatic carbocycles. The van der Waals surface area contributed by atoms with Crippen LogP contribution in [-0.2, 0) is 16.6 Å². The summed E-state index contributed by atoms with van der Waals surface area (Å²) in [6.45, 7) is 2.98. The highest BCUT2D eigenvalue weighted by atomic mass is 32.2. The number of aliphatic hydroxyl groups is 1. The first-order valence-corrected chi connectivity index (χ1v) is 7.80. The molecule has 0 atom stereocenters. The number of sulfonamides is 1. The quantitative estimate of drug-likeness (QED) is 0.786. The lowest BCUT2D eigenvalue weighted by Crippen LogP contribution is -2.33. The molecule has 2 N–H and O–H groups in total. The van der Waals surface area contributed by atoms with Crippen LogP contribution in [0.5, 0.6) is 0 Å². The maximum atomic E-state index is 12.4. The number of aliphatic hydroxyl groups excluding tert-OH is 1. The molecular formula is C12H20N2O3S. The van der Waals surface area contributed by atoms with Gasteiger partial charge in [-0.25, -0.2) is 8.42 Å². The highest BCUT2D eigenvalue weighted by molar-refractivity contribution is 7.89. The van der Waals surface area contributed by atoms with Gasteiger partial charge in [0.2, 0.25) is 10.0 Å². The molecule has 1 fully saturated rings. The third kappa shape index (κ3) is 2.93. The fraction of sp³-hybridized carbons (Fsp3) is 0.667. The summed E-state index contributed by atoms with van der Waals surface area (Å²) in [5.74, 6) is 0.530. The molecule has 0 saturated heterocycles. The van der Waals surface area contributed by atoms with Gasteiger partial charge in [-0.15, -0.1) is 0 Å². The van der Waals surface area contributed by atoms with Crippen LogP contribution in [0.3, 0.4) is 0 Å². The average molecular weight is 272 g/mol. The lowest BCUT2D eigenvalue weighted by molar-refractivity contribution is 0.277. The summed E-state index contributed by atoms with van der Waals surface area (Å²) in [6.07, 6.45) is 4.52. The number of hydrogen-bond donors (Lipinski definition) is 2. The number of aromatic amines is 1. The summed E-state index contributed by atoms with van der Waals surface area (Å²) in [6, 6.07) is 1.50. The molecule has 6 heteroatoms. The molecule has 102 valence electrons. The first-order valence-electron chi connectivity index (χ1n) is 6.36. The highest BCUT2D eigenvalue weighted by Crippen LogP contribution is 2.31. The maximum absolute atomic E-state index is 12.4. The minimum atomic E-state index is -3.42. The Labute approximate surface area is 108 Å². The zero-order chi connectivity index (χ0) is 13.2. The second-order valence-electron chi connectivity index (χ2n) is 4.83. The normalized spacial score (nSPS) is 16.4. The number of rotatable bonds is 7. The van der Waals surface area contributed by atoms with Crippen LogP contribution in [0, 0.1) is 5.92 Å². The van der Waals surface area contributed by atoms with E-state index in [0.717, 1.165) is 19.3 Å². The van der Waals surface area contributed by atoms with Crippen LogP contribution < -0.4 is 0 Å². The van der Waals surface area contributed by atoms with Crippen molar-refractivity contribution in [3.05, 3.63) is 18.0 Å². The van der Waals surface area contributed by atoms with Crippen LogP contribution in [0.15, 0.2) is 17.2 Å². The Hall–Kier alpha value is -0.850. The highest BCUT2D eigenvalue weighted by Gasteiger charge is 2.31. The van der Waals surface area contributed by atoms with E-state index < -0.39 is 10.0 Å². The topological polar surface area (TPSA) is 73.4 Å². The fourth-order valence-electron chi connectivity index (χ4n) is 1.96. The van der Waals surface area contributed by atoms with E-state index in [2.05, 4.69) is 4.98 Å². The van der Waals surface area contributed by atoms with Gasteiger partial charge >= 0.3 is 0 Å². The molecule has 1 saturated carbocycles. The molecular weight excluding hydrogens is 252 g/mol. The van der Waals surface area contributed by atoms with Gasteiger partial charge in [-0.1, -0.05) is 6.92 Å². The van der Waals surface area contributed by atoms with E-state index in [4.69, 9.17) is 5.11 Å². The third-order valence-electron chi connectivity index (χ3n) is 3.16. The minimum absolute atomic E-state index is 0.175. The lowest BCUT2D eigenvalue weighted by atomic mass is 10.4. The van der Waals surface area contributed by atoms with E-state index >= 15 is 0 Å². The Morgan fingerprint density at radius 2 is 2.22 bits per heavy atom. The maximum Gasteiger partial charge on any atom is 0.244 e. The van der Waals surface area contributed by atoms with Gasteiger partial charge in [-0.2, -0.15) is 4.31 Å². The van der Waals surface area contributed by atoms with Crippen molar-refractivity contribution in [1.29, 1.82) is 0 Å². The summed E-state index contributed by atoms with van der Waals surface area (Å²) in [4.78, 5) is 3.02. The monoisotopic (exact) mass is 272 g/mol. The van der Waals surface area contributed by atoms with Crippen molar-refractivity contribution in [2.24, 2.45) is 5.92 Å². The van der Waals surface area contributed by atoms with Crippen LogP contribution in [0.25, 0.3) is 0 Å². The van der Waals surface area contributed by atoms with E-state index in [9.17, 15) is 8.42 Å². The zero-order valence-corrected chi connectivity index (χ0v) is 11.4. The van der Waals surface area contributed by atoms with Crippen molar-refractivity contribution in [2.45, 2.75) is 37.7 Å². The minimum Gasteiger partial charge on any atom is -0.390 e. The van der Waals surface area contributed by atoms with Gasteiger partial charge in [0.25, 0.3) is 0 Å². The Morgan fingerprint density at radius 1 is 1.50 bits per heavy atom. The van der Waals surface area contributed by atoms with E-state index in [0.29, 0.717) is 24.7 Å². The molecule has 2 rings (SSSR count). The Bertz CT molecular complexity index is 491. The molecule has 0 radical (unpaired) electrons. The first kappa shape index (κ1) is 13.6. The van der Waals surface area contributed by atoms with Crippen LogP contribution in [0.1, 0.15) is 31.9 Å². The summed E-state index contributed by atoms with van der Waals surface area (Å²) in [7, 11) is -3.42. The number of aromatic nitrogens is 1. The Morgan fingerprint density at radius 3 is 2.72 bits per heavy atom. The van der Waals surface area contributed by atoms with E-state index in [1.807, 2.05) is 6.92 Å². The molecule has 5 nitrogen and oxygen atoms in total. The molecule has 0 amide bonds. The van der Waals surface area contributed by atoms with Gasteiger partial charge in [0.05, 0.1) is 11.5 Å². The number of H-pyrrole nitrogens is 1. The fourth-order valence-corrected chi connectivity index (χ4v) is 3.58. The number of nitrogens with zero attached hydrogens (tertiary/aromatic N) is 1. The van der Waals surface area contributed by atoms with Crippen LogP contribution in [0.2, 0.25) is 0 Å². The predicted molar refractivity (Wildman–Crippen MR) is 68.5 cm³/mol. The van der Waals surface area contributed by atoms with E-state index in [-0.39, 0.29) is 11.5 Å². The van der Waals surface area contributed by atoms with Crippen molar-refractivity contribution in [2.75, 3.05) is 13.1 Å². The largest absolute Gasteiger partial charge is 0.390 e. The molecule has 0 bridgehead atoms. The van der Waals surface area contributed by atoms with Crippen molar-refractivity contribution in [3.8, 4) is 0 Å². The third-order valence-corrected chi connectivity index (χ3v) is 5.00. The Balaban J connectivity index is 2.19. The summed E-state index contributed by atoms with van der Waals surface area (Å²) < 4.78 is 26.4. The molecule has 1 heterocycles. The van der Waals surface area contributed by atoms with Crippen molar-refractivity contribution in [3.63, 3.8) is 0 Å². The van der Waals surface area contributed by atoms with Gasteiger partial charge < -0.3 is 10.1 Å². The lowest BCUT2D eigenvalue weighted by Gasteiger charge is -2.20. The molecule has 1 aromatic heterocycles. The van der Waals surface area contributed by atoms with Gasteiger partial charge in [0.1, 0.15) is 0 Å². The van der Waals surface area contributed by atoms with Crippen molar-refractivity contribution >= 4 is 10.0 Å². The Kier molecular flexibility index (Phi) is 4.09. The second kappa shape index (κ2) is 5.42. The molecule has 1 aliphatic carbocycles. The van der Waals surface area contributed by atoms with E-state index in [1.165, 1.54) is 12.3 Å². The summed E-state index contributed by atoms with van der Waals surface area (Å²) >= 11 is 0. The SMILES string of the molecule is CCCN(CC1CC1)S(=O)(=O)c1c[nH]c(CO)c1. The van der Waals surface area contributed by atoms with Crippen molar-refractivity contribution in [1.82, 2.24) is 9.29 Å². The summed E-state index contributed by atoms with van der Waals surface area (Å²) in [5, 5.41) is 8.97. The molecule has 0 spiro atoms. The van der Waals surface area contributed by atoms with Gasteiger partial charge in [0.15, 0.2) is 0 Å².